The van der Waals surface area contributed by atoms with E-state index in [0.717, 1.165) is 11.3 Å². The SMILES string of the molecule is CCOC(=O)C(CC)Sc1nc2c(cnn2-c2cccc(C)c2)c(=O)[nH]1. The van der Waals surface area contributed by atoms with Crippen molar-refractivity contribution in [2.75, 3.05) is 6.61 Å². The summed E-state index contributed by atoms with van der Waals surface area (Å²) in [6, 6.07) is 7.79. The summed E-state index contributed by atoms with van der Waals surface area (Å²) in [5.41, 5.74) is 2.08. The first-order chi connectivity index (χ1) is 12.5. The lowest BCUT2D eigenvalue weighted by atomic mass is 10.2. The third-order valence-corrected chi connectivity index (χ3v) is 5.06. The van der Waals surface area contributed by atoms with E-state index < -0.39 is 5.25 Å². The lowest BCUT2D eigenvalue weighted by Gasteiger charge is -2.12. The fourth-order valence-corrected chi connectivity index (χ4v) is 3.46. The zero-order valence-corrected chi connectivity index (χ0v) is 15.7. The number of nitrogens with one attached hydrogen (secondary N) is 1. The van der Waals surface area contributed by atoms with Crippen molar-refractivity contribution in [1.29, 1.82) is 0 Å². The van der Waals surface area contributed by atoms with Crippen LogP contribution < -0.4 is 5.56 Å². The number of aromatic nitrogens is 4. The Morgan fingerprint density at radius 3 is 2.88 bits per heavy atom. The molecule has 0 amide bonds. The number of hydrogen-bond donors (Lipinski definition) is 1. The van der Waals surface area contributed by atoms with Crippen molar-refractivity contribution >= 4 is 28.8 Å². The minimum Gasteiger partial charge on any atom is -0.465 e. The smallest absolute Gasteiger partial charge is 0.319 e. The van der Waals surface area contributed by atoms with Crippen LogP contribution in [0.25, 0.3) is 16.7 Å². The van der Waals surface area contributed by atoms with Gasteiger partial charge in [-0.2, -0.15) is 5.10 Å². The predicted octanol–water partition coefficient (Wildman–Crippen LogP) is 2.85. The predicted molar refractivity (Wildman–Crippen MR) is 101 cm³/mol. The summed E-state index contributed by atoms with van der Waals surface area (Å²) in [6.45, 7) is 5.96. The first kappa shape index (κ1) is 18.2. The minimum absolute atomic E-state index is 0.282. The van der Waals surface area contributed by atoms with Crippen molar-refractivity contribution in [3.05, 3.63) is 46.4 Å². The summed E-state index contributed by atoms with van der Waals surface area (Å²) in [4.78, 5) is 31.7. The Bertz CT molecular complexity index is 996. The van der Waals surface area contributed by atoms with Crippen molar-refractivity contribution in [2.24, 2.45) is 0 Å². The summed E-state index contributed by atoms with van der Waals surface area (Å²) >= 11 is 1.19. The van der Waals surface area contributed by atoms with Gasteiger partial charge in [0.1, 0.15) is 10.6 Å². The lowest BCUT2D eigenvalue weighted by molar-refractivity contribution is -0.142. The molecule has 2 aromatic heterocycles. The highest BCUT2D eigenvalue weighted by atomic mass is 32.2. The van der Waals surface area contributed by atoms with E-state index in [4.69, 9.17) is 4.74 Å². The third-order valence-electron chi connectivity index (χ3n) is 3.84. The van der Waals surface area contributed by atoms with Gasteiger partial charge in [-0.1, -0.05) is 30.8 Å². The fraction of sp³-hybridized carbons (Fsp3) is 0.333. The number of nitrogens with zero attached hydrogens (tertiary/aromatic N) is 3. The minimum atomic E-state index is -0.425. The second kappa shape index (κ2) is 7.74. The van der Waals surface area contributed by atoms with Crippen molar-refractivity contribution in [1.82, 2.24) is 19.7 Å². The summed E-state index contributed by atoms with van der Waals surface area (Å²) in [6.07, 6.45) is 2.07. The monoisotopic (exact) mass is 372 g/mol. The van der Waals surface area contributed by atoms with E-state index in [2.05, 4.69) is 15.1 Å². The molecule has 0 radical (unpaired) electrons. The van der Waals surface area contributed by atoms with Gasteiger partial charge in [0.25, 0.3) is 5.56 Å². The Kier molecular flexibility index (Phi) is 5.41. The zero-order chi connectivity index (χ0) is 18.7. The normalized spacial score (nSPS) is 12.3. The van der Waals surface area contributed by atoms with Crippen LogP contribution in [0.1, 0.15) is 25.8 Å². The average molecular weight is 372 g/mol. The molecule has 0 spiro atoms. The topological polar surface area (TPSA) is 89.9 Å². The number of aryl methyl sites for hydroxylation is 1. The Labute approximate surface area is 154 Å². The number of H-pyrrole nitrogens is 1. The van der Waals surface area contributed by atoms with E-state index in [0.29, 0.717) is 29.2 Å². The molecule has 3 aromatic rings. The van der Waals surface area contributed by atoms with E-state index in [1.807, 2.05) is 38.1 Å². The first-order valence-corrected chi connectivity index (χ1v) is 9.29. The molecule has 1 atom stereocenters. The molecule has 0 aliphatic heterocycles. The Morgan fingerprint density at radius 1 is 1.38 bits per heavy atom. The highest BCUT2D eigenvalue weighted by Gasteiger charge is 2.21. The van der Waals surface area contributed by atoms with Crippen LogP contribution in [0.4, 0.5) is 0 Å². The van der Waals surface area contributed by atoms with E-state index in [9.17, 15) is 9.59 Å². The summed E-state index contributed by atoms with van der Waals surface area (Å²) < 4.78 is 6.71. The number of carbonyl (C=O) groups excluding carboxylic acids is 1. The van der Waals surface area contributed by atoms with Gasteiger partial charge >= 0.3 is 5.97 Å². The molecule has 0 bridgehead atoms. The maximum atomic E-state index is 12.4. The quantitative estimate of drug-likeness (QED) is 0.406. The van der Waals surface area contributed by atoms with Crippen LogP contribution in [0.5, 0.6) is 0 Å². The first-order valence-electron chi connectivity index (χ1n) is 8.41. The molecule has 7 nitrogen and oxygen atoms in total. The number of aromatic amines is 1. The molecular weight excluding hydrogens is 352 g/mol. The van der Waals surface area contributed by atoms with Crippen LogP contribution in [-0.2, 0) is 9.53 Å². The molecule has 1 unspecified atom stereocenters. The van der Waals surface area contributed by atoms with Gasteiger partial charge in [0.2, 0.25) is 0 Å². The highest BCUT2D eigenvalue weighted by Crippen LogP contribution is 2.24. The fourth-order valence-electron chi connectivity index (χ4n) is 2.57. The molecule has 1 N–H and O–H groups in total. The molecular formula is C18H20N4O3S. The number of rotatable bonds is 6. The molecule has 136 valence electrons. The molecule has 0 aliphatic carbocycles. The van der Waals surface area contributed by atoms with Gasteiger partial charge in [-0.05, 0) is 38.0 Å². The van der Waals surface area contributed by atoms with Crippen LogP contribution in [0.15, 0.2) is 40.4 Å². The van der Waals surface area contributed by atoms with Gasteiger partial charge in [0.15, 0.2) is 10.8 Å². The Morgan fingerprint density at radius 2 is 2.19 bits per heavy atom. The van der Waals surface area contributed by atoms with Gasteiger partial charge in [-0.15, -0.1) is 0 Å². The largest absolute Gasteiger partial charge is 0.465 e. The number of carbonyl (C=O) groups is 1. The van der Waals surface area contributed by atoms with Crippen LogP contribution in [0.2, 0.25) is 0 Å². The van der Waals surface area contributed by atoms with Crippen LogP contribution in [-0.4, -0.2) is 37.6 Å². The van der Waals surface area contributed by atoms with Gasteiger partial charge in [-0.3, -0.25) is 9.59 Å². The number of hydrogen-bond acceptors (Lipinski definition) is 6. The number of benzene rings is 1. The summed E-state index contributed by atoms with van der Waals surface area (Å²) in [7, 11) is 0. The third kappa shape index (κ3) is 3.65. The van der Waals surface area contributed by atoms with Gasteiger partial charge in [-0.25, -0.2) is 9.67 Å². The highest BCUT2D eigenvalue weighted by molar-refractivity contribution is 8.00. The summed E-state index contributed by atoms with van der Waals surface area (Å²) in [5, 5.41) is 4.66. The molecule has 3 rings (SSSR count). The van der Waals surface area contributed by atoms with E-state index in [1.54, 1.807) is 11.6 Å². The second-order valence-electron chi connectivity index (χ2n) is 5.77. The molecule has 26 heavy (non-hydrogen) atoms. The molecule has 0 fully saturated rings. The van der Waals surface area contributed by atoms with Crippen molar-refractivity contribution in [3.63, 3.8) is 0 Å². The number of thioether (sulfide) groups is 1. The standard InChI is InChI=1S/C18H20N4O3S/c1-4-14(17(24)25-5-2)26-18-20-15-13(16(23)21-18)10-19-22(15)12-8-6-7-11(3)9-12/h6-10,14H,4-5H2,1-3H3,(H,20,21,23). The average Bonchev–Trinajstić information content (AvgIpc) is 3.04. The Hall–Kier alpha value is -2.61. The van der Waals surface area contributed by atoms with E-state index in [-0.39, 0.29) is 11.5 Å². The maximum absolute atomic E-state index is 12.4. The van der Waals surface area contributed by atoms with E-state index in [1.165, 1.54) is 18.0 Å². The van der Waals surface area contributed by atoms with Crippen molar-refractivity contribution in [3.8, 4) is 5.69 Å². The van der Waals surface area contributed by atoms with Crippen molar-refractivity contribution < 1.29 is 9.53 Å². The van der Waals surface area contributed by atoms with Gasteiger partial charge in [0.05, 0.1) is 18.5 Å². The number of fused-ring (bicyclic) bond motifs is 1. The van der Waals surface area contributed by atoms with Gasteiger partial charge in [0, 0.05) is 0 Å². The zero-order valence-electron chi connectivity index (χ0n) is 14.9. The van der Waals surface area contributed by atoms with Crippen LogP contribution >= 0.6 is 11.8 Å². The maximum Gasteiger partial charge on any atom is 0.319 e. The van der Waals surface area contributed by atoms with Crippen LogP contribution in [0, 0.1) is 6.92 Å². The van der Waals surface area contributed by atoms with Gasteiger partial charge < -0.3 is 9.72 Å². The van der Waals surface area contributed by atoms with Crippen molar-refractivity contribution in [2.45, 2.75) is 37.6 Å². The van der Waals surface area contributed by atoms with Crippen LogP contribution in [0.3, 0.4) is 0 Å². The number of esters is 1. The molecule has 1 aromatic carbocycles. The lowest BCUT2D eigenvalue weighted by Crippen LogP contribution is -2.20. The number of ether oxygens (including phenoxy) is 1. The molecule has 0 aliphatic rings. The summed E-state index contributed by atoms with van der Waals surface area (Å²) in [5.74, 6) is -0.310. The molecule has 2 heterocycles. The molecule has 0 saturated carbocycles. The molecule has 8 heteroatoms. The van der Waals surface area contributed by atoms with E-state index >= 15 is 0 Å². The Balaban J connectivity index is 2.02. The molecule has 0 saturated heterocycles. The second-order valence-corrected chi connectivity index (χ2v) is 6.96.